The van der Waals surface area contributed by atoms with Gasteiger partial charge in [-0.25, -0.2) is 8.78 Å². The van der Waals surface area contributed by atoms with Crippen LogP contribution >= 0.6 is 0 Å². The van der Waals surface area contributed by atoms with Crippen LogP contribution in [0.4, 0.5) is 8.78 Å². The van der Waals surface area contributed by atoms with Crippen LogP contribution in [0.5, 0.6) is 0 Å². The average Bonchev–Trinajstić information content (AvgIpc) is 3.12. The van der Waals surface area contributed by atoms with E-state index in [1.165, 1.54) is 6.07 Å². The lowest BCUT2D eigenvalue weighted by Crippen LogP contribution is -2.43. The van der Waals surface area contributed by atoms with Crippen molar-refractivity contribution in [1.29, 1.82) is 0 Å². The average molecular weight is 308 g/mol. The van der Waals surface area contributed by atoms with E-state index in [0.717, 1.165) is 44.6 Å². The van der Waals surface area contributed by atoms with Crippen LogP contribution in [0.2, 0.25) is 0 Å². The molecule has 1 aliphatic carbocycles. The van der Waals surface area contributed by atoms with Crippen LogP contribution in [0.1, 0.15) is 37.7 Å². The second-order valence-corrected chi connectivity index (χ2v) is 6.29. The molecule has 3 rings (SSSR count). The van der Waals surface area contributed by atoms with Gasteiger partial charge in [0.2, 0.25) is 5.91 Å². The summed E-state index contributed by atoms with van der Waals surface area (Å²) in [5.41, 5.74) is 0.347. The molecule has 1 aromatic rings. The van der Waals surface area contributed by atoms with Crippen molar-refractivity contribution < 1.29 is 13.6 Å². The van der Waals surface area contributed by atoms with Gasteiger partial charge in [0.25, 0.3) is 0 Å². The molecular weight excluding hydrogens is 286 g/mol. The van der Waals surface area contributed by atoms with Crippen molar-refractivity contribution in [2.24, 2.45) is 5.92 Å². The molecular formula is C17H22F2N2O. The Morgan fingerprint density at radius 2 is 2.23 bits per heavy atom. The number of hydrogen-bond donors (Lipinski definition) is 1. The summed E-state index contributed by atoms with van der Waals surface area (Å²) in [6.07, 6.45) is 2.50. The largest absolute Gasteiger partial charge is 0.338 e. The molecule has 1 N–H and O–H groups in total. The highest BCUT2D eigenvalue weighted by Crippen LogP contribution is 2.49. The van der Waals surface area contributed by atoms with E-state index in [1.54, 1.807) is 0 Å². The van der Waals surface area contributed by atoms with Gasteiger partial charge in [-0.2, -0.15) is 0 Å². The van der Waals surface area contributed by atoms with E-state index in [9.17, 15) is 13.6 Å². The van der Waals surface area contributed by atoms with Gasteiger partial charge in [0.05, 0.1) is 0 Å². The van der Waals surface area contributed by atoms with Crippen LogP contribution in [0.25, 0.3) is 0 Å². The molecule has 0 spiro atoms. The Balaban J connectivity index is 1.71. The first-order chi connectivity index (χ1) is 10.6. The summed E-state index contributed by atoms with van der Waals surface area (Å²) in [6, 6.07) is 3.74. The third kappa shape index (κ3) is 3.00. The van der Waals surface area contributed by atoms with Crippen molar-refractivity contribution in [3.05, 3.63) is 35.4 Å². The number of carbonyl (C=O) groups excluding carboxylic acids is 1. The zero-order chi connectivity index (χ0) is 15.7. The minimum absolute atomic E-state index is 0.101. The van der Waals surface area contributed by atoms with E-state index >= 15 is 0 Å². The van der Waals surface area contributed by atoms with Gasteiger partial charge < -0.3 is 10.2 Å². The maximum absolute atomic E-state index is 13.8. The van der Waals surface area contributed by atoms with Crippen LogP contribution in [0, 0.1) is 17.6 Å². The zero-order valence-electron chi connectivity index (χ0n) is 12.8. The first-order valence-electron chi connectivity index (χ1n) is 8.08. The van der Waals surface area contributed by atoms with E-state index in [0.29, 0.717) is 12.0 Å². The van der Waals surface area contributed by atoms with Crippen LogP contribution in [-0.2, 0) is 4.79 Å². The lowest BCUT2D eigenvalue weighted by atomic mass is 10.1. The molecule has 120 valence electrons. The molecule has 1 amide bonds. The van der Waals surface area contributed by atoms with Crippen molar-refractivity contribution in [2.45, 2.75) is 38.1 Å². The van der Waals surface area contributed by atoms with Gasteiger partial charge in [0, 0.05) is 25.0 Å². The molecule has 1 aromatic carbocycles. The number of carbonyl (C=O) groups is 1. The van der Waals surface area contributed by atoms with Crippen LogP contribution in [-0.4, -0.2) is 36.5 Å². The number of amides is 1. The van der Waals surface area contributed by atoms with E-state index in [1.807, 2.05) is 4.90 Å². The number of nitrogens with one attached hydrogen (secondary N) is 1. The molecule has 0 radical (unpaired) electrons. The molecule has 1 saturated carbocycles. The summed E-state index contributed by atoms with van der Waals surface area (Å²) >= 11 is 0. The van der Waals surface area contributed by atoms with Crippen molar-refractivity contribution >= 4 is 5.91 Å². The first-order valence-corrected chi connectivity index (χ1v) is 8.08. The predicted octanol–water partition coefficient (Wildman–Crippen LogP) is 2.67. The van der Waals surface area contributed by atoms with Gasteiger partial charge in [0.15, 0.2) is 0 Å². The number of hydrogen-bond acceptors (Lipinski definition) is 2. The monoisotopic (exact) mass is 308 g/mol. The zero-order valence-corrected chi connectivity index (χ0v) is 12.8. The van der Waals surface area contributed by atoms with Crippen molar-refractivity contribution in [3.63, 3.8) is 0 Å². The van der Waals surface area contributed by atoms with Crippen LogP contribution < -0.4 is 5.32 Å². The van der Waals surface area contributed by atoms with Gasteiger partial charge in [-0.05, 0) is 55.5 Å². The summed E-state index contributed by atoms with van der Waals surface area (Å²) in [5.74, 6) is -1.12. The molecule has 3 unspecified atom stereocenters. The SMILES string of the molecule is CCCN(C(=O)C1CC1c1cc(F)ccc1F)C1CCNC1. The molecule has 0 bridgehead atoms. The Morgan fingerprint density at radius 3 is 2.91 bits per heavy atom. The maximum Gasteiger partial charge on any atom is 0.226 e. The highest BCUT2D eigenvalue weighted by Gasteiger charge is 2.48. The van der Waals surface area contributed by atoms with E-state index in [2.05, 4.69) is 12.2 Å². The predicted molar refractivity (Wildman–Crippen MR) is 80.5 cm³/mol. The fraction of sp³-hybridized carbons (Fsp3) is 0.588. The Labute approximate surface area is 129 Å². The van der Waals surface area contributed by atoms with Crippen LogP contribution in [0.3, 0.4) is 0 Å². The smallest absolute Gasteiger partial charge is 0.226 e. The number of rotatable bonds is 5. The lowest BCUT2D eigenvalue weighted by Gasteiger charge is -2.28. The number of nitrogens with zero attached hydrogens (tertiary/aromatic N) is 1. The fourth-order valence-corrected chi connectivity index (χ4v) is 3.44. The Bertz CT molecular complexity index is 558. The molecule has 3 nitrogen and oxygen atoms in total. The van der Waals surface area contributed by atoms with E-state index < -0.39 is 11.6 Å². The van der Waals surface area contributed by atoms with Gasteiger partial charge in [0.1, 0.15) is 11.6 Å². The van der Waals surface area contributed by atoms with Crippen molar-refractivity contribution in [2.75, 3.05) is 19.6 Å². The molecule has 1 saturated heterocycles. The van der Waals surface area contributed by atoms with Gasteiger partial charge in [-0.15, -0.1) is 0 Å². The maximum atomic E-state index is 13.8. The lowest BCUT2D eigenvalue weighted by molar-refractivity contribution is -0.134. The third-order valence-electron chi connectivity index (χ3n) is 4.69. The highest BCUT2D eigenvalue weighted by molar-refractivity contribution is 5.83. The quantitative estimate of drug-likeness (QED) is 0.907. The summed E-state index contributed by atoms with van der Waals surface area (Å²) in [5, 5.41) is 3.28. The molecule has 1 aliphatic heterocycles. The van der Waals surface area contributed by atoms with Gasteiger partial charge in [-0.3, -0.25) is 4.79 Å². The Kier molecular flexibility index (Phi) is 4.43. The molecule has 5 heteroatoms. The third-order valence-corrected chi connectivity index (χ3v) is 4.69. The molecule has 0 aromatic heterocycles. The number of halogens is 2. The highest BCUT2D eigenvalue weighted by atomic mass is 19.1. The molecule has 2 aliphatic rings. The second kappa shape index (κ2) is 6.32. The topological polar surface area (TPSA) is 32.3 Å². The molecule has 3 atom stereocenters. The minimum atomic E-state index is -0.445. The standard InChI is InChI=1S/C17H22F2N2O/c1-2-7-21(12-5-6-20-10-12)17(22)15-9-13(15)14-8-11(18)3-4-16(14)19/h3-4,8,12-13,15,20H,2,5-7,9-10H2,1H3. The Hall–Kier alpha value is -1.49. The van der Waals surface area contributed by atoms with Gasteiger partial charge in [-0.1, -0.05) is 6.92 Å². The van der Waals surface area contributed by atoms with E-state index in [-0.39, 0.29) is 23.8 Å². The molecule has 1 heterocycles. The second-order valence-electron chi connectivity index (χ2n) is 6.29. The molecule has 2 fully saturated rings. The summed E-state index contributed by atoms with van der Waals surface area (Å²) in [6.45, 7) is 4.56. The number of benzene rings is 1. The van der Waals surface area contributed by atoms with E-state index in [4.69, 9.17) is 0 Å². The van der Waals surface area contributed by atoms with Crippen molar-refractivity contribution in [1.82, 2.24) is 10.2 Å². The minimum Gasteiger partial charge on any atom is -0.338 e. The van der Waals surface area contributed by atoms with Gasteiger partial charge >= 0.3 is 0 Å². The first kappa shape index (κ1) is 15.4. The molecule has 22 heavy (non-hydrogen) atoms. The summed E-state index contributed by atoms with van der Waals surface area (Å²) < 4.78 is 27.2. The van der Waals surface area contributed by atoms with Crippen LogP contribution in [0.15, 0.2) is 18.2 Å². The Morgan fingerprint density at radius 1 is 1.41 bits per heavy atom. The summed E-state index contributed by atoms with van der Waals surface area (Å²) in [4.78, 5) is 14.7. The summed E-state index contributed by atoms with van der Waals surface area (Å²) in [7, 11) is 0. The normalized spacial score (nSPS) is 27.0. The fourth-order valence-electron chi connectivity index (χ4n) is 3.44. The van der Waals surface area contributed by atoms with Crippen molar-refractivity contribution in [3.8, 4) is 0 Å².